The number of primary amides is 1. The van der Waals surface area contributed by atoms with Crippen molar-refractivity contribution in [2.24, 2.45) is 5.73 Å². The summed E-state index contributed by atoms with van der Waals surface area (Å²) in [5, 5.41) is 14.9. The zero-order valence-electron chi connectivity index (χ0n) is 12.8. The van der Waals surface area contributed by atoms with Gasteiger partial charge in [-0.1, -0.05) is 19.3 Å². The Hall–Kier alpha value is -2.81. The summed E-state index contributed by atoms with van der Waals surface area (Å²) < 4.78 is 0. The molecule has 6 heteroatoms. The number of hydrogen-bond donors (Lipinski definition) is 3. The Kier molecular flexibility index (Phi) is 5.75. The third-order valence-corrected chi connectivity index (χ3v) is 3.86. The smallest absolute Gasteiger partial charge is 0.263 e. The van der Waals surface area contributed by atoms with Crippen LogP contribution in [0.3, 0.4) is 0 Å². The van der Waals surface area contributed by atoms with Gasteiger partial charge >= 0.3 is 0 Å². The zero-order valence-corrected chi connectivity index (χ0v) is 12.8. The van der Waals surface area contributed by atoms with Gasteiger partial charge in [-0.3, -0.25) is 9.59 Å². The Morgan fingerprint density at radius 2 is 1.83 bits per heavy atom. The van der Waals surface area contributed by atoms with Crippen molar-refractivity contribution in [2.75, 3.05) is 5.32 Å². The number of nitrogens with two attached hydrogens (primary N) is 1. The van der Waals surface area contributed by atoms with Gasteiger partial charge in [0.1, 0.15) is 11.6 Å². The van der Waals surface area contributed by atoms with Gasteiger partial charge in [-0.25, -0.2) is 0 Å². The highest BCUT2D eigenvalue weighted by Gasteiger charge is 2.17. The fraction of sp³-hybridized carbons (Fsp3) is 0.353. The Morgan fingerprint density at radius 1 is 1.17 bits per heavy atom. The van der Waals surface area contributed by atoms with E-state index < -0.39 is 5.91 Å². The third kappa shape index (κ3) is 4.85. The van der Waals surface area contributed by atoms with E-state index in [9.17, 15) is 9.59 Å². The fourth-order valence-electron chi connectivity index (χ4n) is 2.54. The molecule has 1 aliphatic rings. The fourth-order valence-corrected chi connectivity index (χ4v) is 2.54. The first-order valence-corrected chi connectivity index (χ1v) is 7.67. The van der Waals surface area contributed by atoms with Gasteiger partial charge in [0.25, 0.3) is 5.91 Å². The molecule has 1 saturated carbocycles. The van der Waals surface area contributed by atoms with E-state index in [2.05, 4.69) is 10.6 Å². The maximum atomic E-state index is 12.1. The molecule has 2 amide bonds. The van der Waals surface area contributed by atoms with Gasteiger partial charge in [0.05, 0.1) is 0 Å². The Labute approximate surface area is 135 Å². The van der Waals surface area contributed by atoms with Crippen molar-refractivity contribution in [2.45, 2.75) is 38.1 Å². The first-order chi connectivity index (χ1) is 11.1. The second-order valence-corrected chi connectivity index (χ2v) is 5.56. The van der Waals surface area contributed by atoms with Crippen molar-refractivity contribution >= 4 is 17.5 Å². The number of amides is 2. The van der Waals surface area contributed by atoms with Gasteiger partial charge in [-0.2, -0.15) is 5.26 Å². The van der Waals surface area contributed by atoms with Crippen LogP contribution in [0.1, 0.15) is 42.5 Å². The molecule has 0 saturated heterocycles. The van der Waals surface area contributed by atoms with Crippen molar-refractivity contribution in [3.05, 3.63) is 41.6 Å². The number of carbonyl (C=O) groups is 2. The molecule has 0 atom stereocenters. The molecule has 1 aromatic rings. The van der Waals surface area contributed by atoms with Crippen LogP contribution in [-0.4, -0.2) is 17.9 Å². The van der Waals surface area contributed by atoms with E-state index >= 15 is 0 Å². The molecule has 0 bridgehead atoms. The van der Waals surface area contributed by atoms with Gasteiger partial charge in [0.2, 0.25) is 5.91 Å². The van der Waals surface area contributed by atoms with Gasteiger partial charge in [-0.15, -0.1) is 0 Å². The van der Waals surface area contributed by atoms with Crippen LogP contribution < -0.4 is 16.4 Å². The number of carbonyl (C=O) groups excluding carboxylic acids is 2. The molecule has 4 N–H and O–H groups in total. The molecule has 1 aromatic carbocycles. The van der Waals surface area contributed by atoms with Crippen LogP contribution in [0.2, 0.25) is 0 Å². The van der Waals surface area contributed by atoms with Crippen molar-refractivity contribution in [3.63, 3.8) is 0 Å². The SMILES string of the molecule is N#C/C(=C/Nc1ccc(C(N)=O)cc1)C(=O)NC1CCCCC1. The van der Waals surface area contributed by atoms with Gasteiger partial charge in [0.15, 0.2) is 0 Å². The summed E-state index contributed by atoms with van der Waals surface area (Å²) >= 11 is 0. The highest BCUT2D eigenvalue weighted by Crippen LogP contribution is 2.17. The summed E-state index contributed by atoms with van der Waals surface area (Å²) in [5.41, 5.74) is 6.25. The second kappa shape index (κ2) is 7.99. The molecule has 1 aliphatic carbocycles. The number of benzene rings is 1. The van der Waals surface area contributed by atoms with Crippen LogP contribution in [0.4, 0.5) is 5.69 Å². The van der Waals surface area contributed by atoms with E-state index in [-0.39, 0.29) is 17.5 Å². The number of anilines is 1. The minimum absolute atomic E-state index is 0.0227. The van der Waals surface area contributed by atoms with E-state index in [1.54, 1.807) is 24.3 Å². The van der Waals surface area contributed by atoms with Crippen LogP contribution in [-0.2, 0) is 4.79 Å². The van der Waals surface area contributed by atoms with Crippen LogP contribution >= 0.6 is 0 Å². The van der Waals surface area contributed by atoms with Gasteiger partial charge < -0.3 is 16.4 Å². The Morgan fingerprint density at radius 3 is 2.39 bits per heavy atom. The highest BCUT2D eigenvalue weighted by atomic mass is 16.2. The summed E-state index contributed by atoms with van der Waals surface area (Å²) in [4.78, 5) is 23.1. The zero-order chi connectivity index (χ0) is 16.7. The van der Waals surface area contributed by atoms with Crippen molar-refractivity contribution < 1.29 is 9.59 Å². The van der Waals surface area contributed by atoms with Crippen molar-refractivity contribution in [1.82, 2.24) is 5.32 Å². The van der Waals surface area contributed by atoms with Crippen LogP contribution in [0.25, 0.3) is 0 Å². The summed E-state index contributed by atoms with van der Waals surface area (Å²) in [5.74, 6) is -0.864. The van der Waals surface area contributed by atoms with Crippen LogP contribution in [0.5, 0.6) is 0 Å². The standard InChI is InChI=1S/C17H20N4O2/c18-10-13(17(23)21-15-4-2-1-3-5-15)11-20-14-8-6-12(7-9-14)16(19)22/h6-9,11,15,20H,1-5H2,(H2,19,22)(H,21,23)/b13-11-. The molecule has 0 aliphatic heterocycles. The molecule has 1 fully saturated rings. The molecule has 0 unspecified atom stereocenters. The topological polar surface area (TPSA) is 108 Å². The molecule has 120 valence electrons. The maximum absolute atomic E-state index is 12.1. The van der Waals surface area contributed by atoms with Crippen molar-refractivity contribution in [3.8, 4) is 6.07 Å². The lowest BCUT2D eigenvalue weighted by Gasteiger charge is -2.22. The monoisotopic (exact) mass is 312 g/mol. The van der Waals surface area contributed by atoms with Gasteiger partial charge in [-0.05, 0) is 37.1 Å². The molecule has 6 nitrogen and oxygen atoms in total. The molecule has 0 radical (unpaired) electrons. The normalized spacial score (nSPS) is 15.5. The summed E-state index contributed by atoms with van der Waals surface area (Å²) in [6.45, 7) is 0. The predicted molar refractivity (Wildman–Crippen MR) is 87.3 cm³/mol. The molecule has 23 heavy (non-hydrogen) atoms. The maximum Gasteiger partial charge on any atom is 0.263 e. The van der Waals surface area contributed by atoms with E-state index in [0.717, 1.165) is 25.7 Å². The third-order valence-electron chi connectivity index (χ3n) is 3.86. The number of nitrogens with zero attached hydrogens (tertiary/aromatic N) is 1. The Bertz CT molecular complexity index is 638. The first-order valence-electron chi connectivity index (χ1n) is 7.67. The van der Waals surface area contributed by atoms with Crippen LogP contribution in [0, 0.1) is 11.3 Å². The quantitative estimate of drug-likeness (QED) is 0.571. The molecular formula is C17H20N4O2. The average Bonchev–Trinajstić information content (AvgIpc) is 2.56. The first kappa shape index (κ1) is 16.6. The number of rotatable bonds is 5. The highest BCUT2D eigenvalue weighted by molar-refractivity contribution is 5.97. The van der Waals surface area contributed by atoms with E-state index in [1.807, 2.05) is 6.07 Å². The molecule has 2 rings (SSSR count). The van der Waals surface area contributed by atoms with E-state index in [0.29, 0.717) is 11.3 Å². The Balaban J connectivity index is 1.96. The second-order valence-electron chi connectivity index (χ2n) is 5.56. The lowest BCUT2D eigenvalue weighted by atomic mass is 9.95. The number of nitrogens with one attached hydrogen (secondary N) is 2. The largest absolute Gasteiger partial charge is 0.366 e. The number of hydrogen-bond acceptors (Lipinski definition) is 4. The molecule has 0 spiro atoms. The van der Waals surface area contributed by atoms with Crippen LogP contribution in [0.15, 0.2) is 36.0 Å². The number of nitriles is 1. The summed E-state index contributed by atoms with van der Waals surface area (Å²) in [6.07, 6.45) is 6.73. The predicted octanol–water partition coefficient (Wildman–Crippen LogP) is 2.05. The lowest BCUT2D eigenvalue weighted by Crippen LogP contribution is -2.37. The minimum Gasteiger partial charge on any atom is -0.366 e. The van der Waals surface area contributed by atoms with Gasteiger partial charge in [0, 0.05) is 23.5 Å². The molecular weight excluding hydrogens is 292 g/mol. The summed E-state index contributed by atoms with van der Waals surface area (Å²) in [6, 6.07) is 8.53. The summed E-state index contributed by atoms with van der Waals surface area (Å²) in [7, 11) is 0. The molecule has 0 aromatic heterocycles. The van der Waals surface area contributed by atoms with E-state index in [1.165, 1.54) is 12.6 Å². The van der Waals surface area contributed by atoms with Crippen molar-refractivity contribution in [1.29, 1.82) is 5.26 Å². The van der Waals surface area contributed by atoms with E-state index in [4.69, 9.17) is 11.0 Å². The minimum atomic E-state index is -0.503. The average molecular weight is 312 g/mol. The molecule has 0 heterocycles. The lowest BCUT2D eigenvalue weighted by molar-refractivity contribution is -0.118.